The van der Waals surface area contributed by atoms with Gasteiger partial charge in [0.25, 0.3) is 0 Å². The monoisotopic (exact) mass is 371 g/mol. The lowest BCUT2D eigenvalue weighted by atomic mass is 9.49. The Morgan fingerprint density at radius 3 is 2.00 bits per heavy atom. The molecule has 5 nitrogen and oxygen atoms in total. The van der Waals surface area contributed by atoms with Crippen LogP contribution in [0.2, 0.25) is 0 Å². The van der Waals surface area contributed by atoms with Gasteiger partial charge in [-0.15, -0.1) is 10.2 Å². The molecule has 1 aromatic carbocycles. The molecular weight excluding hydrogens is 346 g/mol. The lowest BCUT2D eigenvalue weighted by molar-refractivity contribution is -0.0107. The summed E-state index contributed by atoms with van der Waals surface area (Å²) in [4.78, 5) is 0.338. The van der Waals surface area contributed by atoms with Crippen LogP contribution in [0.1, 0.15) is 44.3 Å². The second-order valence-electron chi connectivity index (χ2n) is 8.90. The summed E-state index contributed by atoms with van der Waals surface area (Å²) in [5, 5.41) is 9.15. The molecule has 0 amide bonds. The van der Waals surface area contributed by atoms with Crippen molar-refractivity contribution in [2.75, 3.05) is 6.26 Å². The zero-order valence-electron chi connectivity index (χ0n) is 15.4. The molecule has 2 aromatic rings. The van der Waals surface area contributed by atoms with Gasteiger partial charge in [0.1, 0.15) is 5.82 Å². The highest BCUT2D eigenvalue weighted by molar-refractivity contribution is 7.90. The third-order valence-corrected chi connectivity index (χ3v) is 8.06. The second kappa shape index (κ2) is 5.41. The van der Waals surface area contributed by atoms with Crippen molar-refractivity contribution in [3.63, 3.8) is 0 Å². The van der Waals surface area contributed by atoms with Crippen molar-refractivity contribution in [2.24, 2.45) is 24.8 Å². The molecule has 0 spiro atoms. The van der Waals surface area contributed by atoms with E-state index < -0.39 is 9.84 Å². The van der Waals surface area contributed by atoms with E-state index in [1.165, 1.54) is 44.8 Å². The summed E-state index contributed by atoms with van der Waals surface area (Å²) in [6.07, 6.45) is 9.26. The fraction of sp³-hybridized carbons (Fsp3) is 0.600. The lowest BCUT2D eigenvalue weighted by Crippen LogP contribution is -2.49. The average molecular weight is 372 g/mol. The van der Waals surface area contributed by atoms with E-state index in [4.69, 9.17) is 0 Å². The number of nitrogens with zero attached hydrogens (tertiary/aromatic N) is 3. The number of hydrogen-bond donors (Lipinski definition) is 0. The molecule has 4 saturated carbocycles. The molecule has 138 valence electrons. The third-order valence-electron chi connectivity index (χ3n) is 6.93. The molecule has 6 rings (SSSR count). The van der Waals surface area contributed by atoms with Crippen LogP contribution in [0.4, 0.5) is 0 Å². The molecular formula is C20H25N3O2S. The molecule has 0 aliphatic heterocycles. The maximum atomic E-state index is 11.7. The van der Waals surface area contributed by atoms with Crippen molar-refractivity contribution in [3.8, 4) is 11.4 Å². The van der Waals surface area contributed by atoms with E-state index in [2.05, 4.69) is 21.8 Å². The molecule has 0 saturated heterocycles. The highest BCUT2D eigenvalue weighted by Crippen LogP contribution is 2.60. The lowest BCUT2D eigenvalue weighted by Gasteiger charge is -2.56. The van der Waals surface area contributed by atoms with Gasteiger partial charge < -0.3 is 4.57 Å². The SMILES string of the molecule is Cn1c(-c2ccc(S(C)(=O)=O)cc2)nnc1C12CC3CC(CC(C3)C1)C2. The predicted octanol–water partition coefficient (Wildman–Crippen LogP) is 3.35. The minimum atomic E-state index is -3.18. The van der Waals surface area contributed by atoms with E-state index >= 15 is 0 Å². The van der Waals surface area contributed by atoms with Crippen LogP contribution < -0.4 is 0 Å². The fourth-order valence-corrected chi connectivity index (χ4v) is 6.91. The van der Waals surface area contributed by atoms with E-state index in [-0.39, 0.29) is 5.41 Å². The summed E-state index contributed by atoms with van der Waals surface area (Å²) in [5.41, 5.74) is 1.13. The summed E-state index contributed by atoms with van der Waals surface area (Å²) < 4.78 is 25.5. The Labute approximate surface area is 154 Å². The zero-order valence-corrected chi connectivity index (χ0v) is 16.2. The highest BCUT2D eigenvalue weighted by atomic mass is 32.2. The Morgan fingerprint density at radius 2 is 1.50 bits per heavy atom. The summed E-state index contributed by atoms with van der Waals surface area (Å²) in [6.45, 7) is 0. The maximum absolute atomic E-state index is 11.7. The number of sulfone groups is 1. The molecule has 0 atom stereocenters. The Hall–Kier alpha value is -1.69. The molecule has 1 aromatic heterocycles. The van der Waals surface area contributed by atoms with Crippen LogP contribution >= 0.6 is 0 Å². The number of benzene rings is 1. The predicted molar refractivity (Wildman–Crippen MR) is 99.4 cm³/mol. The van der Waals surface area contributed by atoms with Crippen molar-refractivity contribution >= 4 is 9.84 Å². The number of hydrogen-bond acceptors (Lipinski definition) is 4. The van der Waals surface area contributed by atoms with Crippen molar-refractivity contribution in [2.45, 2.75) is 48.8 Å². The van der Waals surface area contributed by atoms with Gasteiger partial charge in [0.05, 0.1) is 4.90 Å². The van der Waals surface area contributed by atoms with Crippen LogP contribution in [0.25, 0.3) is 11.4 Å². The van der Waals surface area contributed by atoms with Crippen molar-refractivity contribution in [3.05, 3.63) is 30.1 Å². The molecule has 4 fully saturated rings. The molecule has 4 bridgehead atoms. The quantitative estimate of drug-likeness (QED) is 0.830. The first-order valence-electron chi connectivity index (χ1n) is 9.54. The smallest absolute Gasteiger partial charge is 0.175 e. The largest absolute Gasteiger partial charge is 0.314 e. The number of aromatic nitrogens is 3. The zero-order chi connectivity index (χ0) is 18.1. The first-order valence-corrected chi connectivity index (χ1v) is 11.4. The van der Waals surface area contributed by atoms with Crippen molar-refractivity contribution in [1.29, 1.82) is 0 Å². The Bertz CT molecular complexity index is 924. The van der Waals surface area contributed by atoms with Crippen LogP contribution in [0, 0.1) is 17.8 Å². The Kier molecular flexibility index (Phi) is 3.43. The number of rotatable bonds is 3. The maximum Gasteiger partial charge on any atom is 0.175 e. The summed E-state index contributed by atoms with van der Waals surface area (Å²) >= 11 is 0. The van der Waals surface area contributed by atoms with E-state index in [1.54, 1.807) is 12.1 Å². The minimum absolute atomic E-state index is 0.210. The fourth-order valence-electron chi connectivity index (χ4n) is 6.28. The molecule has 0 N–H and O–H groups in total. The van der Waals surface area contributed by atoms with E-state index in [1.807, 2.05) is 12.1 Å². The van der Waals surface area contributed by atoms with E-state index in [0.29, 0.717) is 4.90 Å². The van der Waals surface area contributed by atoms with Gasteiger partial charge >= 0.3 is 0 Å². The van der Waals surface area contributed by atoms with Crippen molar-refractivity contribution < 1.29 is 8.42 Å². The van der Waals surface area contributed by atoms with Crippen LogP contribution in [0.15, 0.2) is 29.2 Å². The normalized spacial score (nSPS) is 32.9. The van der Waals surface area contributed by atoms with Crippen LogP contribution in [0.5, 0.6) is 0 Å². The summed E-state index contributed by atoms with van der Waals surface area (Å²) in [6, 6.07) is 6.99. The van der Waals surface area contributed by atoms with Gasteiger partial charge in [-0.2, -0.15) is 0 Å². The minimum Gasteiger partial charge on any atom is -0.314 e. The second-order valence-corrected chi connectivity index (χ2v) is 10.9. The Morgan fingerprint density at radius 1 is 0.962 bits per heavy atom. The summed E-state index contributed by atoms with van der Waals surface area (Å²) in [5.74, 6) is 4.58. The third kappa shape index (κ3) is 2.45. The van der Waals surface area contributed by atoms with Gasteiger partial charge in [-0.05, 0) is 80.5 Å². The average Bonchev–Trinajstić information content (AvgIpc) is 2.95. The molecule has 26 heavy (non-hydrogen) atoms. The van der Waals surface area contributed by atoms with Crippen LogP contribution in [-0.2, 0) is 22.3 Å². The standard InChI is InChI=1S/C20H25N3O2S/c1-23-18(16-3-5-17(6-4-16)26(2,24)25)21-22-19(23)20-10-13-7-14(11-20)9-15(8-13)12-20/h3-6,13-15H,7-12H2,1-2H3. The molecule has 4 aliphatic carbocycles. The van der Waals surface area contributed by atoms with E-state index in [9.17, 15) is 8.42 Å². The van der Waals surface area contributed by atoms with Gasteiger partial charge in [0, 0.05) is 24.3 Å². The van der Waals surface area contributed by atoms with Gasteiger partial charge in [-0.3, -0.25) is 0 Å². The molecule has 1 heterocycles. The van der Waals surface area contributed by atoms with Gasteiger partial charge in [0.15, 0.2) is 15.7 Å². The van der Waals surface area contributed by atoms with Gasteiger partial charge in [-0.25, -0.2) is 8.42 Å². The first-order chi connectivity index (χ1) is 12.3. The molecule has 0 radical (unpaired) electrons. The van der Waals surface area contributed by atoms with Gasteiger partial charge in [-0.1, -0.05) is 0 Å². The molecule has 4 aliphatic rings. The van der Waals surface area contributed by atoms with Crippen LogP contribution in [-0.4, -0.2) is 29.4 Å². The highest BCUT2D eigenvalue weighted by Gasteiger charge is 2.53. The first kappa shape index (κ1) is 16.5. The summed E-state index contributed by atoms with van der Waals surface area (Å²) in [7, 11) is -1.12. The topological polar surface area (TPSA) is 64.8 Å². The van der Waals surface area contributed by atoms with Crippen molar-refractivity contribution in [1.82, 2.24) is 14.8 Å². The van der Waals surface area contributed by atoms with Crippen LogP contribution in [0.3, 0.4) is 0 Å². The van der Waals surface area contributed by atoms with Gasteiger partial charge in [0.2, 0.25) is 0 Å². The van der Waals surface area contributed by atoms with E-state index in [0.717, 1.165) is 35.0 Å². The Balaban J connectivity index is 1.52. The molecule has 6 heteroatoms. The molecule has 0 unspecified atom stereocenters.